The molecule has 0 unspecified atom stereocenters. The molecule has 0 spiro atoms. The van der Waals surface area contributed by atoms with Gasteiger partial charge in [0.25, 0.3) is 0 Å². The van der Waals surface area contributed by atoms with Crippen LogP contribution in [0, 0.1) is 0 Å². The maximum atomic E-state index is 12.2. The van der Waals surface area contributed by atoms with Crippen molar-refractivity contribution in [1.82, 2.24) is 14.3 Å². The molecule has 2 heterocycles. The van der Waals surface area contributed by atoms with E-state index < -0.39 is 0 Å². The number of urea groups is 1. The number of nitrogens with one attached hydrogen (secondary N) is 1. The molecule has 0 aliphatic carbocycles. The molecule has 0 aromatic carbocycles. The number of likely N-dealkylation sites (tertiary alicyclic amines) is 1. The third kappa shape index (κ3) is 3.25. The molecule has 20 heavy (non-hydrogen) atoms. The summed E-state index contributed by atoms with van der Waals surface area (Å²) in [5.74, 6) is 0.996. The summed E-state index contributed by atoms with van der Waals surface area (Å²) in [6, 6.07) is -0.196. The van der Waals surface area contributed by atoms with Crippen LogP contribution in [-0.4, -0.2) is 59.8 Å². The van der Waals surface area contributed by atoms with E-state index in [0.29, 0.717) is 18.2 Å². The predicted octanol–water partition coefficient (Wildman–Crippen LogP) is 1.54. The van der Waals surface area contributed by atoms with Crippen molar-refractivity contribution >= 4 is 22.7 Å². The lowest BCUT2D eigenvalue weighted by atomic mass is 10.2. The van der Waals surface area contributed by atoms with Crippen LogP contribution in [0.2, 0.25) is 0 Å². The molecule has 0 bridgehead atoms. The van der Waals surface area contributed by atoms with Gasteiger partial charge in [-0.3, -0.25) is 5.32 Å². The van der Waals surface area contributed by atoms with Crippen LogP contribution in [-0.2, 0) is 9.47 Å². The van der Waals surface area contributed by atoms with E-state index in [1.54, 1.807) is 19.1 Å². The average molecular weight is 300 g/mol. The fourth-order valence-corrected chi connectivity index (χ4v) is 2.75. The molecule has 0 saturated carbocycles. The molecule has 0 radical (unpaired) electrons. The number of nitrogens with zero attached hydrogens (tertiary/aromatic N) is 3. The van der Waals surface area contributed by atoms with Gasteiger partial charge in [0.05, 0.1) is 13.1 Å². The van der Waals surface area contributed by atoms with Gasteiger partial charge in [0, 0.05) is 31.7 Å². The predicted molar refractivity (Wildman–Crippen MR) is 76.2 cm³/mol. The monoisotopic (exact) mass is 300 g/mol. The number of amides is 2. The first-order valence-corrected chi connectivity index (χ1v) is 7.27. The van der Waals surface area contributed by atoms with Crippen molar-refractivity contribution in [3.63, 3.8) is 0 Å². The molecule has 112 valence electrons. The smallest absolute Gasteiger partial charge is 0.323 e. The molecule has 1 N–H and O–H groups in total. The Morgan fingerprint density at radius 3 is 2.40 bits per heavy atom. The highest BCUT2D eigenvalue weighted by molar-refractivity contribution is 7.09. The summed E-state index contributed by atoms with van der Waals surface area (Å²) < 4.78 is 14.8. The van der Waals surface area contributed by atoms with E-state index in [-0.39, 0.29) is 24.2 Å². The van der Waals surface area contributed by atoms with E-state index in [4.69, 9.17) is 9.47 Å². The number of methoxy groups -OCH3 is 2. The summed E-state index contributed by atoms with van der Waals surface area (Å²) in [5, 5.41) is 3.29. The number of ether oxygens (including phenoxy) is 2. The molecule has 7 nitrogen and oxygen atoms in total. The minimum atomic E-state index is -0.196. The van der Waals surface area contributed by atoms with Gasteiger partial charge in [0.2, 0.25) is 5.13 Å². The van der Waals surface area contributed by atoms with Crippen LogP contribution in [0.25, 0.3) is 0 Å². The Morgan fingerprint density at radius 1 is 1.35 bits per heavy atom. The maximum absolute atomic E-state index is 12.2. The number of aromatic nitrogens is 2. The normalized spacial score (nSPS) is 22.6. The quantitative estimate of drug-likeness (QED) is 0.912. The fourth-order valence-electron chi connectivity index (χ4n) is 2.05. The molecular formula is C12H20N4O3S. The van der Waals surface area contributed by atoms with Crippen molar-refractivity contribution in [2.75, 3.05) is 32.6 Å². The SMILES string of the molecule is CO[C@H]1CN(C(=O)Nc2nc(C(C)C)ns2)C[C@H]1OC. The van der Waals surface area contributed by atoms with E-state index in [0.717, 1.165) is 5.82 Å². The third-order valence-electron chi connectivity index (χ3n) is 3.28. The Kier molecular flexibility index (Phi) is 4.90. The first-order chi connectivity index (χ1) is 9.55. The molecule has 1 aromatic heterocycles. The van der Waals surface area contributed by atoms with Crippen LogP contribution in [0.3, 0.4) is 0 Å². The number of rotatable bonds is 4. The highest BCUT2D eigenvalue weighted by atomic mass is 32.1. The van der Waals surface area contributed by atoms with E-state index in [1.807, 2.05) is 13.8 Å². The topological polar surface area (TPSA) is 76.6 Å². The van der Waals surface area contributed by atoms with Crippen molar-refractivity contribution in [3.05, 3.63) is 5.82 Å². The molecular weight excluding hydrogens is 280 g/mol. The van der Waals surface area contributed by atoms with Gasteiger partial charge >= 0.3 is 6.03 Å². The molecule has 2 atom stereocenters. The van der Waals surface area contributed by atoms with E-state index in [1.165, 1.54) is 11.5 Å². The zero-order valence-electron chi connectivity index (χ0n) is 12.1. The largest absolute Gasteiger partial charge is 0.377 e. The van der Waals surface area contributed by atoms with Crippen molar-refractivity contribution in [2.45, 2.75) is 32.0 Å². The number of anilines is 1. The van der Waals surface area contributed by atoms with Crippen LogP contribution < -0.4 is 5.32 Å². The molecule has 2 amide bonds. The Balaban J connectivity index is 1.95. The van der Waals surface area contributed by atoms with Crippen molar-refractivity contribution in [2.24, 2.45) is 0 Å². The number of hydrogen-bond donors (Lipinski definition) is 1. The van der Waals surface area contributed by atoms with Gasteiger partial charge in [-0.2, -0.15) is 4.37 Å². The fraction of sp³-hybridized carbons (Fsp3) is 0.750. The Morgan fingerprint density at radius 2 is 1.95 bits per heavy atom. The zero-order valence-corrected chi connectivity index (χ0v) is 12.9. The number of hydrogen-bond acceptors (Lipinski definition) is 6. The van der Waals surface area contributed by atoms with Crippen LogP contribution in [0.1, 0.15) is 25.6 Å². The minimum absolute atomic E-state index is 0.0913. The summed E-state index contributed by atoms with van der Waals surface area (Å²) in [5.41, 5.74) is 0. The molecule has 1 aliphatic heterocycles. The van der Waals surface area contributed by atoms with Crippen LogP contribution in [0.5, 0.6) is 0 Å². The number of carbonyl (C=O) groups is 1. The summed E-state index contributed by atoms with van der Waals surface area (Å²) in [4.78, 5) is 18.1. The second-order valence-corrected chi connectivity index (χ2v) is 5.75. The van der Waals surface area contributed by atoms with Gasteiger partial charge in [-0.25, -0.2) is 9.78 Å². The molecule has 2 rings (SSSR count). The first-order valence-electron chi connectivity index (χ1n) is 6.50. The highest BCUT2D eigenvalue weighted by Crippen LogP contribution is 2.20. The van der Waals surface area contributed by atoms with Gasteiger partial charge in [-0.15, -0.1) is 0 Å². The standard InChI is InChI=1S/C12H20N4O3S/c1-7(2)10-13-11(20-15-10)14-12(17)16-5-8(18-3)9(6-16)19-4/h7-9H,5-6H2,1-4H3,(H,13,14,15,17)/t8-,9+. The van der Waals surface area contributed by atoms with Crippen LogP contribution in [0.15, 0.2) is 0 Å². The lowest BCUT2D eigenvalue weighted by Gasteiger charge is -2.15. The van der Waals surface area contributed by atoms with Gasteiger partial charge in [-0.1, -0.05) is 13.8 Å². The molecule has 1 fully saturated rings. The molecule has 1 aromatic rings. The average Bonchev–Trinajstić information content (AvgIpc) is 3.04. The van der Waals surface area contributed by atoms with Crippen LogP contribution >= 0.6 is 11.5 Å². The second-order valence-electron chi connectivity index (χ2n) is 5.00. The van der Waals surface area contributed by atoms with E-state index in [2.05, 4.69) is 14.7 Å². The van der Waals surface area contributed by atoms with E-state index in [9.17, 15) is 4.79 Å². The van der Waals surface area contributed by atoms with Gasteiger partial charge < -0.3 is 14.4 Å². The Labute approximate surface area is 122 Å². The second kappa shape index (κ2) is 6.47. The minimum Gasteiger partial charge on any atom is -0.377 e. The van der Waals surface area contributed by atoms with Gasteiger partial charge in [0.15, 0.2) is 0 Å². The molecule has 8 heteroatoms. The number of carbonyl (C=O) groups excluding carboxylic acids is 1. The maximum Gasteiger partial charge on any atom is 0.323 e. The summed E-state index contributed by atoms with van der Waals surface area (Å²) in [6.45, 7) is 5.05. The van der Waals surface area contributed by atoms with Crippen molar-refractivity contribution in [3.8, 4) is 0 Å². The first kappa shape index (κ1) is 15.1. The van der Waals surface area contributed by atoms with E-state index >= 15 is 0 Å². The van der Waals surface area contributed by atoms with Crippen molar-refractivity contribution in [1.29, 1.82) is 0 Å². The lowest BCUT2D eigenvalue weighted by molar-refractivity contribution is -0.00461. The molecule has 1 aliphatic rings. The zero-order chi connectivity index (χ0) is 14.7. The Bertz CT molecular complexity index is 453. The van der Waals surface area contributed by atoms with Crippen LogP contribution in [0.4, 0.5) is 9.93 Å². The summed E-state index contributed by atoms with van der Waals surface area (Å²) in [6.07, 6.45) is -0.183. The summed E-state index contributed by atoms with van der Waals surface area (Å²) in [7, 11) is 3.25. The van der Waals surface area contributed by atoms with Crippen molar-refractivity contribution < 1.29 is 14.3 Å². The third-order valence-corrected chi connectivity index (χ3v) is 3.92. The van der Waals surface area contributed by atoms with Gasteiger partial charge in [0.1, 0.15) is 18.0 Å². The van der Waals surface area contributed by atoms with Gasteiger partial charge in [-0.05, 0) is 0 Å². The molecule has 1 saturated heterocycles. The highest BCUT2D eigenvalue weighted by Gasteiger charge is 2.35. The Hall–Kier alpha value is -1.25. The summed E-state index contributed by atoms with van der Waals surface area (Å²) >= 11 is 1.20. The lowest BCUT2D eigenvalue weighted by Crippen LogP contribution is -2.34.